The lowest BCUT2D eigenvalue weighted by Gasteiger charge is -2.17. The third-order valence-electron chi connectivity index (χ3n) is 11.2. The van der Waals surface area contributed by atoms with E-state index in [0.29, 0.717) is 16.9 Å². The van der Waals surface area contributed by atoms with Gasteiger partial charge in [-0.25, -0.2) is 9.69 Å². The molecule has 0 saturated carbocycles. The molecule has 0 bridgehead atoms. The molecule has 8 aromatic carbocycles. The third-order valence-corrected chi connectivity index (χ3v) is 11.2. The molecule has 0 aliphatic rings. The van der Waals surface area contributed by atoms with Crippen molar-refractivity contribution in [2.24, 2.45) is 0 Å². The fourth-order valence-electron chi connectivity index (χ4n) is 8.90. The minimum Gasteiger partial charge on any atom is -0.309 e. The van der Waals surface area contributed by atoms with Crippen molar-refractivity contribution in [3.63, 3.8) is 0 Å². The summed E-state index contributed by atoms with van der Waals surface area (Å²) in [5.41, 5.74) is 12.5. The van der Waals surface area contributed by atoms with Gasteiger partial charge in [0.25, 0.3) is 0 Å². The molecule has 0 aliphatic heterocycles. The first kappa shape index (κ1) is 32.1. The Morgan fingerprint density at radius 2 is 0.912 bits per heavy atom. The number of nitriles is 1. The Labute approximate surface area is 327 Å². The molecule has 11 rings (SSSR count). The van der Waals surface area contributed by atoms with Gasteiger partial charge >= 0.3 is 0 Å². The van der Waals surface area contributed by atoms with E-state index in [4.69, 9.17) is 13.1 Å². The molecule has 0 saturated heterocycles. The molecule has 0 atom stereocenters. The first-order valence-corrected chi connectivity index (χ1v) is 18.6. The van der Waals surface area contributed by atoms with Gasteiger partial charge in [-0.15, -0.1) is 0 Å². The zero-order valence-electron chi connectivity index (χ0n) is 30.3. The summed E-state index contributed by atoms with van der Waals surface area (Å²) in [6.07, 6.45) is 0. The van der Waals surface area contributed by atoms with Gasteiger partial charge < -0.3 is 13.7 Å². The Morgan fingerprint density at radius 1 is 0.421 bits per heavy atom. The van der Waals surface area contributed by atoms with Crippen LogP contribution in [0.5, 0.6) is 0 Å². The predicted octanol–water partition coefficient (Wildman–Crippen LogP) is 13.6. The number of aromatic nitrogens is 3. The van der Waals surface area contributed by atoms with Gasteiger partial charge in [-0.2, -0.15) is 5.26 Å². The zero-order chi connectivity index (χ0) is 38.2. The van der Waals surface area contributed by atoms with E-state index >= 15 is 0 Å². The average Bonchev–Trinajstić information content (AvgIpc) is 3.91. The summed E-state index contributed by atoms with van der Waals surface area (Å²) in [6, 6.07) is 60.3. The van der Waals surface area contributed by atoms with E-state index in [1.807, 2.05) is 72.8 Å². The van der Waals surface area contributed by atoms with Gasteiger partial charge in [0.15, 0.2) is 11.4 Å². The Kier molecular flexibility index (Phi) is 6.95. The molecular weight excluding hydrogens is 697 g/mol. The number of fused-ring (bicyclic) bond motifs is 9. The molecular formula is C51H28N6. The molecule has 0 spiro atoms. The lowest BCUT2D eigenvalue weighted by atomic mass is 10.00. The second kappa shape index (κ2) is 12.3. The lowest BCUT2D eigenvalue weighted by Crippen LogP contribution is -2.02. The molecule has 3 heterocycles. The van der Waals surface area contributed by atoms with Crippen LogP contribution in [0, 0.1) is 24.5 Å². The predicted molar refractivity (Wildman–Crippen MR) is 232 cm³/mol. The molecule has 0 fully saturated rings. The molecule has 0 unspecified atom stereocenters. The largest absolute Gasteiger partial charge is 0.309 e. The molecule has 0 N–H and O–H groups in total. The minimum absolute atomic E-state index is 0.531. The number of hydrogen-bond donors (Lipinski definition) is 0. The van der Waals surface area contributed by atoms with Crippen LogP contribution >= 0.6 is 0 Å². The van der Waals surface area contributed by atoms with Crippen LogP contribution in [0.1, 0.15) is 5.56 Å². The van der Waals surface area contributed by atoms with Crippen molar-refractivity contribution in [3.8, 4) is 34.3 Å². The van der Waals surface area contributed by atoms with E-state index in [1.165, 1.54) is 10.8 Å². The van der Waals surface area contributed by atoms with Gasteiger partial charge in [0.1, 0.15) is 0 Å². The number of nitrogens with zero attached hydrogens (tertiary/aromatic N) is 6. The van der Waals surface area contributed by atoms with Gasteiger partial charge in [-0.1, -0.05) is 97.1 Å². The highest BCUT2D eigenvalue weighted by Gasteiger charge is 2.22. The fourth-order valence-corrected chi connectivity index (χ4v) is 8.90. The number of rotatable bonds is 4. The van der Waals surface area contributed by atoms with Crippen LogP contribution in [0.15, 0.2) is 170 Å². The summed E-state index contributed by atoms with van der Waals surface area (Å²) in [6.45, 7) is 15.6. The summed E-state index contributed by atoms with van der Waals surface area (Å²) in [5, 5.41) is 17.0. The van der Waals surface area contributed by atoms with E-state index < -0.39 is 0 Å². The smallest absolute Gasteiger partial charge is 0.188 e. The van der Waals surface area contributed by atoms with Gasteiger partial charge in [0, 0.05) is 32.8 Å². The molecule has 0 amide bonds. The summed E-state index contributed by atoms with van der Waals surface area (Å²) in [7, 11) is 0. The highest BCUT2D eigenvalue weighted by Crippen LogP contribution is 2.43. The molecule has 6 nitrogen and oxygen atoms in total. The zero-order valence-corrected chi connectivity index (χ0v) is 30.3. The van der Waals surface area contributed by atoms with Gasteiger partial charge in [-0.05, 0) is 89.1 Å². The van der Waals surface area contributed by atoms with Crippen molar-refractivity contribution in [3.05, 3.63) is 198 Å². The normalized spacial score (nSPS) is 11.5. The van der Waals surface area contributed by atoms with Crippen molar-refractivity contribution in [2.45, 2.75) is 0 Å². The van der Waals surface area contributed by atoms with Gasteiger partial charge in [-0.3, -0.25) is 0 Å². The lowest BCUT2D eigenvalue weighted by molar-refractivity contribution is 1.13. The van der Waals surface area contributed by atoms with Crippen LogP contribution in [0.3, 0.4) is 0 Å². The second-order valence-corrected chi connectivity index (χ2v) is 14.3. The number of benzene rings is 8. The first-order valence-electron chi connectivity index (χ1n) is 18.6. The van der Waals surface area contributed by atoms with Crippen LogP contribution in [0.2, 0.25) is 0 Å². The monoisotopic (exact) mass is 724 g/mol. The molecule has 57 heavy (non-hydrogen) atoms. The summed E-state index contributed by atoms with van der Waals surface area (Å²) < 4.78 is 6.86. The van der Waals surface area contributed by atoms with E-state index in [-0.39, 0.29) is 0 Å². The standard InChI is InChI=1S/C51H28N6/c1-53-34-23-25-49-42(29-34)40-15-6-10-20-47(40)56(49)44-17-7-3-12-37(44)33-26-32(31-52)27-36(28-33)55-48-24-22-35(54-2)30-43(48)41-16-11-21-50(51(41)55)57-45-18-8-4-13-38(45)39-14-5-9-19-46(39)57/h3-30H. The second-order valence-electron chi connectivity index (χ2n) is 14.3. The van der Waals surface area contributed by atoms with Crippen LogP contribution in [0.4, 0.5) is 11.4 Å². The first-order chi connectivity index (χ1) is 28.1. The van der Waals surface area contributed by atoms with Gasteiger partial charge in [0.2, 0.25) is 0 Å². The van der Waals surface area contributed by atoms with E-state index in [1.54, 1.807) is 0 Å². The van der Waals surface area contributed by atoms with E-state index in [2.05, 4.69) is 127 Å². The Bertz CT molecular complexity index is 3580. The van der Waals surface area contributed by atoms with Crippen LogP contribution in [-0.4, -0.2) is 13.7 Å². The third kappa shape index (κ3) is 4.68. The topological polar surface area (TPSA) is 47.3 Å². The van der Waals surface area contributed by atoms with E-state index in [9.17, 15) is 5.26 Å². The van der Waals surface area contributed by atoms with Crippen molar-refractivity contribution in [2.75, 3.05) is 0 Å². The Hall–Kier alpha value is -8.37. The van der Waals surface area contributed by atoms with Crippen molar-refractivity contribution in [1.29, 1.82) is 5.26 Å². The number of hydrogen-bond acceptors (Lipinski definition) is 1. The quantitative estimate of drug-likeness (QED) is 0.167. The van der Waals surface area contributed by atoms with Crippen LogP contribution in [0.25, 0.3) is 103 Å². The van der Waals surface area contributed by atoms with Crippen LogP contribution in [-0.2, 0) is 0 Å². The Balaban J connectivity index is 1.23. The maximum Gasteiger partial charge on any atom is 0.188 e. The maximum absolute atomic E-state index is 10.6. The molecule has 6 heteroatoms. The fraction of sp³-hybridized carbons (Fsp3) is 0. The van der Waals surface area contributed by atoms with Crippen molar-refractivity contribution < 1.29 is 0 Å². The molecule has 0 radical (unpaired) electrons. The molecule has 0 aliphatic carbocycles. The van der Waals surface area contributed by atoms with Crippen LogP contribution < -0.4 is 0 Å². The molecule has 3 aromatic heterocycles. The van der Waals surface area contributed by atoms with Crippen molar-refractivity contribution in [1.82, 2.24) is 13.7 Å². The van der Waals surface area contributed by atoms with E-state index in [0.717, 1.165) is 82.8 Å². The van der Waals surface area contributed by atoms with Crippen molar-refractivity contribution >= 4 is 76.8 Å². The number of para-hydroxylation sites is 5. The average molecular weight is 725 g/mol. The molecule has 11 aromatic rings. The maximum atomic E-state index is 10.6. The molecule has 262 valence electrons. The SMILES string of the molecule is [C-]#[N+]c1ccc2c(c1)c1ccccc1n2-c1ccccc1-c1cc(C#N)cc(-n2c3ccc([N+]#[C-])cc3c3cccc(-n4c5ccccc5c5ccccc54)c32)c1. The summed E-state index contributed by atoms with van der Waals surface area (Å²) >= 11 is 0. The Morgan fingerprint density at radius 3 is 1.54 bits per heavy atom. The summed E-state index contributed by atoms with van der Waals surface area (Å²) in [5.74, 6) is 0. The summed E-state index contributed by atoms with van der Waals surface area (Å²) in [4.78, 5) is 7.53. The highest BCUT2D eigenvalue weighted by atomic mass is 15.1. The van der Waals surface area contributed by atoms with Gasteiger partial charge in [0.05, 0.1) is 69.3 Å². The minimum atomic E-state index is 0.531. The highest BCUT2D eigenvalue weighted by molar-refractivity contribution is 6.16.